The zero-order chi connectivity index (χ0) is 23.6. The fourth-order valence-corrected chi connectivity index (χ4v) is 6.30. The third-order valence-corrected chi connectivity index (χ3v) is 8.16. The van der Waals surface area contributed by atoms with Crippen molar-refractivity contribution in [3.05, 3.63) is 48.5 Å². The van der Waals surface area contributed by atoms with Crippen LogP contribution < -0.4 is 4.90 Å². The van der Waals surface area contributed by atoms with Crippen molar-refractivity contribution in [3.63, 3.8) is 0 Å². The van der Waals surface area contributed by atoms with Crippen molar-refractivity contribution in [2.24, 2.45) is 0 Å². The van der Waals surface area contributed by atoms with Crippen LogP contribution in [-0.2, 0) is 24.3 Å². The maximum atomic E-state index is 13.5. The number of amides is 1. The van der Waals surface area contributed by atoms with Gasteiger partial charge in [-0.05, 0) is 50.5 Å². The number of hydrogen-bond acceptors (Lipinski definition) is 8. The highest BCUT2D eigenvalue weighted by Crippen LogP contribution is 2.30. The monoisotopic (exact) mass is 488 g/mol. The van der Waals surface area contributed by atoms with E-state index in [1.165, 1.54) is 22.2 Å². The molecule has 174 valence electrons. The molecule has 3 aromatic rings. The van der Waals surface area contributed by atoms with Crippen LogP contribution in [0.25, 0.3) is 11.0 Å². The summed E-state index contributed by atoms with van der Waals surface area (Å²) < 4.78 is 41.9. The molecule has 0 spiro atoms. The van der Waals surface area contributed by atoms with Gasteiger partial charge in [-0.15, -0.1) is 0 Å². The second-order valence-electron chi connectivity index (χ2n) is 7.83. The molecule has 0 N–H and O–H groups in total. The van der Waals surface area contributed by atoms with Gasteiger partial charge in [0.05, 0.1) is 11.7 Å². The third kappa shape index (κ3) is 4.61. The molecule has 2 heterocycles. The Bertz CT molecular complexity index is 1260. The SMILES string of the molecule is C[C@H](OC(=O)[C@H]1CCCCN1S(=O)(=O)c1cccc2nsnc12)C(=O)N(C)c1ccccc1. The summed E-state index contributed by atoms with van der Waals surface area (Å²) in [7, 11) is -2.43. The molecule has 0 unspecified atom stereocenters. The minimum Gasteiger partial charge on any atom is -0.451 e. The highest BCUT2D eigenvalue weighted by molar-refractivity contribution is 7.89. The number of carbonyl (C=O) groups excluding carboxylic acids is 2. The van der Waals surface area contributed by atoms with Crippen LogP contribution >= 0.6 is 11.7 Å². The van der Waals surface area contributed by atoms with Crippen molar-refractivity contribution < 1.29 is 22.7 Å². The van der Waals surface area contributed by atoms with Gasteiger partial charge in [0.15, 0.2) is 6.10 Å². The number of para-hydroxylation sites is 1. The van der Waals surface area contributed by atoms with Crippen molar-refractivity contribution in [3.8, 4) is 0 Å². The number of sulfonamides is 1. The molecule has 2 aromatic carbocycles. The number of ether oxygens (including phenoxy) is 1. The van der Waals surface area contributed by atoms with Gasteiger partial charge in [0.1, 0.15) is 22.0 Å². The Hall–Kier alpha value is -2.89. The number of esters is 1. The summed E-state index contributed by atoms with van der Waals surface area (Å²) in [6.07, 6.45) is 0.555. The summed E-state index contributed by atoms with van der Waals surface area (Å²) in [6, 6.07) is 12.7. The van der Waals surface area contributed by atoms with Gasteiger partial charge < -0.3 is 9.64 Å². The average molecular weight is 489 g/mol. The molecule has 1 aromatic heterocycles. The molecule has 0 radical (unpaired) electrons. The Morgan fingerprint density at radius 2 is 1.88 bits per heavy atom. The number of piperidine rings is 1. The van der Waals surface area contributed by atoms with Gasteiger partial charge in [-0.25, -0.2) is 8.42 Å². The van der Waals surface area contributed by atoms with Crippen molar-refractivity contribution in [2.45, 2.75) is 43.2 Å². The summed E-state index contributed by atoms with van der Waals surface area (Å²) in [5.41, 5.74) is 1.44. The van der Waals surface area contributed by atoms with Crippen LogP contribution in [-0.4, -0.2) is 59.1 Å². The summed E-state index contributed by atoms with van der Waals surface area (Å²) in [6.45, 7) is 1.67. The van der Waals surface area contributed by atoms with E-state index in [4.69, 9.17) is 4.74 Å². The first-order valence-electron chi connectivity index (χ1n) is 10.6. The molecule has 1 aliphatic heterocycles. The Balaban J connectivity index is 1.54. The number of nitrogens with zero attached hydrogens (tertiary/aromatic N) is 4. The van der Waals surface area contributed by atoms with E-state index >= 15 is 0 Å². The number of benzene rings is 2. The van der Waals surface area contributed by atoms with E-state index < -0.39 is 34.0 Å². The topological polar surface area (TPSA) is 110 Å². The zero-order valence-corrected chi connectivity index (χ0v) is 19.9. The fourth-order valence-electron chi connectivity index (χ4n) is 3.90. The number of anilines is 1. The number of aromatic nitrogens is 2. The van der Waals surface area contributed by atoms with E-state index in [1.54, 1.807) is 43.4 Å². The third-order valence-electron chi connectivity index (χ3n) is 5.68. The van der Waals surface area contributed by atoms with Gasteiger partial charge in [0.2, 0.25) is 10.0 Å². The predicted molar refractivity (Wildman–Crippen MR) is 124 cm³/mol. The number of likely N-dealkylation sites (N-methyl/N-ethyl adjacent to an activating group) is 1. The van der Waals surface area contributed by atoms with Crippen LogP contribution in [0.5, 0.6) is 0 Å². The van der Waals surface area contributed by atoms with Gasteiger partial charge in [0, 0.05) is 19.3 Å². The molecule has 1 amide bonds. The van der Waals surface area contributed by atoms with Crippen molar-refractivity contribution in [1.29, 1.82) is 0 Å². The van der Waals surface area contributed by atoms with Gasteiger partial charge in [-0.2, -0.15) is 13.1 Å². The molecule has 1 fully saturated rings. The van der Waals surface area contributed by atoms with Crippen LogP contribution in [0.2, 0.25) is 0 Å². The van der Waals surface area contributed by atoms with Crippen LogP contribution in [0, 0.1) is 0 Å². The molecule has 9 nitrogen and oxygen atoms in total. The molecule has 0 saturated carbocycles. The molecular weight excluding hydrogens is 464 g/mol. The first kappa shape index (κ1) is 23.3. The number of hydrogen-bond donors (Lipinski definition) is 0. The average Bonchev–Trinajstić information content (AvgIpc) is 3.32. The van der Waals surface area contributed by atoms with E-state index in [-0.39, 0.29) is 17.0 Å². The largest absolute Gasteiger partial charge is 0.451 e. The van der Waals surface area contributed by atoms with E-state index in [2.05, 4.69) is 8.75 Å². The van der Waals surface area contributed by atoms with E-state index in [0.717, 1.165) is 11.7 Å². The summed E-state index contributed by atoms with van der Waals surface area (Å²) in [5, 5.41) is 0. The van der Waals surface area contributed by atoms with Gasteiger partial charge in [-0.3, -0.25) is 9.59 Å². The molecule has 33 heavy (non-hydrogen) atoms. The lowest BCUT2D eigenvalue weighted by molar-refractivity contribution is -0.158. The van der Waals surface area contributed by atoms with Crippen molar-refractivity contribution >= 4 is 50.3 Å². The standard InChI is InChI=1S/C22H24N4O5S2/c1-15(21(27)25(2)16-9-4-3-5-10-16)31-22(28)18-12-6-7-14-26(18)33(29,30)19-13-8-11-17-20(19)24-32-23-17/h3-5,8-11,13,15,18H,6-7,12,14H2,1-2H3/t15-,18+/m0/s1. The lowest BCUT2D eigenvalue weighted by Gasteiger charge is -2.33. The Kier molecular flexibility index (Phi) is 6.73. The summed E-state index contributed by atoms with van der Waals surface area (Å²) >= 11 is 0.933. The first-order valence-corrected chi connectivity index (χ1v) is 12.7. The molecule has 2 atom stereocenters. The van der Waals surface area contributed by atoms with E-state index in [0.29, 0.717) is 30.5 Å². The lowest BCUT2D eigenvalue weighted by Crippen LogP contribution is -2.50. The van der Waals surface area contributed by atoms with Crippen LogP contribution in [0.3, 0.4) is 0 Å². The zero-order valence-electron chi connectivity index (χ0n) is 18.2. The normalized spacial score (nSPS) is 18.1. The predicted octanol–water partition coefficient (Wildman–Crippen LogP) is 2.83. The number of fused-ring (bicyclic) bond motifs is 1. The van der Waals surface area contributed by atoms with E-state index in [1.807, 2.05) is 6.07 Å². The lowest BCUT2D eigenvalue weighted by atomic mass is 10.1. The maximum absolute atomic E-state index is 13.5. The Morgan fingerprint density at radius 1 is 1.12 bits per heavy atom. The molecule has 0 aliphatic carbocycles. The fraction of sp³-hybridized carbons (Fsp3) is 0.364. The smallest absolute Gasteiger partial charge is 0.325 e. The Labute approximate surface area is 196 Å². The Morgan fingerprint density at radius 3 is 2.64 bits per heavy atom. The minimum atomic E-state index is -4.03. The minimum absolute atomic E-state index is 0.0152. The summed E-state index contributed by atoms with van der Waals surface area (Å²) in [4.78, 5) is 27.3. The summed E-state index contributed by atoms with van der Waals surface area (Å²) in [5.74, 6) is -1.14. The second-order valence-corrected chi connectivity index (χ2v) is 10.2. The molecule has 11 heteroatoms. The van der Waals surface area contributed by atoms with E-state index in [9.17, 15) is 18.0 Å². The molecule has 0 bridgehead atoms. The van der Waals surface area contributed by atoms with Crippen molar-refractivity contribution in [1.82, 2.24) is 13.1 Å². The maximum Gasteiger partial charge on any atom is 0.325 e. The van der Waals surface area contributed by atoms with Crippen LogP contribution in [0.1, 0.15) is 26.2 Å². The highest BCUT2D eigenvalue weighted by Gasteiger charge is 2.40. The molecule has 1 saturated heterocycles. The molecule has 4 rings (SSSR count). The van der Waals surface area contributed by atoms with Crippen molar-refractivity contribution in [2.75, 3.05) is 18.5 Å². The van der Waals surface area contributed by atoms with Gasteiger partial charge >= 0.3 is 5.97 Å². The highest BCUT2D eigenvalue weighted by atomic mass is 32.2. The first-order chi connectivity index (χ1) is 15.8. The van der Waals surface area contributed by atoms with Crippen LogP contribution in [0.15, 0.2) is 53.4 Å². The van der Waals surface area contributed by atoms with Crippen LogP contribution in [0.4, 0.5) is 5.69 Å². The van der Waals surface area contributed by atoms with Gasteiger partial charge in [0.25, 0.3) is 5.91 Å². The molecule has 1 aliphatic rings. The molecular formula is C22H24N4O5S2. The van der Waals surface area contributed by atoms with Gasteiger partial charge in [-0.1, -0.05) is 24.3 Å². The number of rotatable bonds is 6. The number of carbonyl (C=O) groups is 2. The quantitative estimate of drug-likeness (QED) is 0.491. The second kappa shape index (κ2) is 9.54.